The third-order valence-electron chi connectivity index (χ3n) is 3.34. The van der Waals surface area contributed by atoms with E-state index in [4.69, 9.17) is 11.2 Å². The summed E-state index contributed by atoms with van der Waals surface area (Å²) in [5.41, 5.74) is 0. The molecule has 3 heteroatoms. The molecule has 0 atom stereocenters. The molecule has 0 bridgehead atoms. The van der Waals surface area contributed by atoms with E-state index in [1.54, 1.807) is 0 Å². The van der Waals surface area contributed by atoms with Crippen molar-refractivity contribution < 1.29 is 12.4 Å². The first-order valence-electron chi connectivity index (χ1n) is 6.57. The maximum atomic E-state index is 7.23. The Morgan fingerprint density at radius 2 is 0.714 bits per heavy atom. The zero-order valence-corrected chi connectivity index (χ0v) is 13.8. The zero-order chi connectivity index (χ0) is 13.8. The van der Waals surface area contributed by atoms with E-state index in [1.165, 1.54) is 15.9 Å². The Hall–Kier alpha value is -1.33. The monoisotopic (exact) mass is 332 g/mol. The highest BCUT2D eigenvalue weighted by molar-refractivity contribution is 8.14. The van der Waals surface area contributed by atoms with Gasteiger partial charge < -0.3 is 12.4 Å². The summed E-state index contributed by atoms with van der Waals surface area (Å²) >= 11 is 7.23. The first-order valence-corrected chi connectivity index (χ1v) is 9.27. The summed E-state index contributed by atoms with van der Waals surface area (Å²) in [5.74, 6) is 0. The number of hydrogen-bond acceptors (Lipinski definition) is 0. The van der Waals surface area contributed by atoms with Crippen LogP contribution in [0.4, 0.5) is 0 Å². The molecule has 3 aromatic rings. The van der Waals surface area contributed by atoms with E-state index in [1.807, 2.05) is 18.2 Å². The smallest absolute Gasteiger partial charge is 0.210 e. The molecule has 0 N–H and O–H groups in total. The summed E-state index contributed by atoms with van der Waals surface area (Å²) in [5, 5.41) is 3.58. The van der Waals surface area contributed by atoms with Crippen LogP contribution in [0.1, 0.15) is 0 Å². The van der Waals surface area contributed by atoms with Crippen molar-refractivity contribution in [2.45, 2.75) is 0 Å². The molecule has 0 unspecified atom stereocenters. The maximum absolute atomic E-state index is 7.23. The highest BCUT2D eigenvalue weighted by Crippen LogP contribution is 2.60. The van der Waals surface area contributed by atoms with E-state index in [0.29, 0.717) is 0 Å². The Morgan fingerprint density at radius 1 is 0.476 bits per heavy atom. The van der Waals surface area contributed by atoms with E-state index >= 15 is 0 Å². The fourth-order valence-electron chi connectivity index (χ4n) is 2.35. The molecule has 0 aliphatic carbocycles. The minimum atomic E-state index is -2.05. The maximum Gasteiger partial charge on any atom is 0.210 e. The molecule has 3 aromatic carbocycles. The van der Waals surface area contributed by atoms with Gasteiger partial charge in [0.25, 0.3) is 0 Å². The van der Waals surface area contributed by atoms with E-state index in [9.17, 15) is 0 Å². The molecule has 0 spiro atoms. The topological polar surface area (TPSA) is 0 Å². The highest BCUT2D eigenvalue weighted by Gasteiger charge is 2.44. The second-order valence-electron chi connectivity index (χ2n) is 4.60. The summed E-state index contributed by atoms with van der Waals surface area (Å²) in [7, 11) is 0. The lowest BCUT2D eigenvalue weighted by molar-refractivity contribution is -0.00000372. The zero-order valence-electron chi connectivity index (χ0n) is 11.4. The Balaban J connectivity index is 0.00000161. The van der Waals surface area contributed by atoms with Crippen LogP contribution in [-0.4, -0.2) is 0 Å². The molecule has 21 heavy (non-hydrogen) atoms. The predicted octanol–water partition coefficient (Wildman–Crippen LogP) is 1.14. The van der Waals surface area contributed by atoms with Crippen LogP contribution in [0.15, 0.2) is 91.0 Å². The van der Waals surface area contributed by atoms with Crippen LogP contribution in [0, 0.1) is 0 Å². The lowest BCUT2D eigenvalue weighted by atomic mass is 10.4. The molecule has 0 fully saturated rings. The van der Waals surface area contributed by atoms with Gasteiger partial charge in [0.1, 0.15) is 27.2 Å². The van der Waals surface area contributed by atoms with Crippen LogP contribution in [-0.2, 0) is 0 Å². The normalized spacial score (nSPS) is 10.7. The first kappa shape index (κ1) is 16.0. The average molecular weight is 333 g/mol. The van der Waals surface area contributed by atoms with Gasteiger partial charge in [-0.1, -0.05) is 54.6 Å². The molecular formula is C18H15Cl2P. The molecule has 3 rings (SSSR count). The quantitative estimate of drug-likeness (QED) is 0.631. The van der Waals surface area contributed by atoms with Gasteiger partial charge in [0.05, 0.1) is 0 Å². The van der Waals surface area contributed by atoms with Gasteiger partial charge >= 0.3 is 0 Å². The van der Waals surface area contributed by atoms with Crippen molar-refractivity contribution in [2.24, 2.45) is 0 Å². The number of hydrogen-bond donors (Lipinski definition) is 0. The van der Waals surface area contributed by atoms with Crippen LogP contribution in [0.3, 0.4) is 0 Å². The van der Waals surface area contributed by atoms with Crippen molar-refractivity contribution in [1.29, 1.82) is 0 Å². The van der Waals surface area contributed by atoms with Gasteiger partial charge in [0.2, 0.25) is 6.62 Å². The third-order valence-corrected chi connectivity index (χ3v) is 8.12. The molecule has 0 radical (unpaired) electrons. The van der Waals surface area contributed by atoms with Gasteiger partial charge in [-0.2, -0.15) is 0 Å². The average Bonchev–Trinajstić information content (AvgIpc) is 2.56. The fraction of sp³-hybridized carbons (Fsp3) is 0. The molecule has 0 nitrogen and oxygen atoms in total. The van der Waals surface area contributed by atoms with Gasteiger partial charge in [-0.25, -0.2) is 0 Å². The van der Waals surface area contributed by atoms with Crippen LogP contribution in [0.5, 0.6) is 0 Å². The van der Waals surface area contributed by atoms with Crippen LogP contribution >= 0.6 is 17.9 Å². The molecule has 0 amide bonds. The highest BCUT2D eigenvalue weighted by atomic mass is 35.7. The van der Waals surface area contributed by atoms with Crippen molar-refractivity contribution in [3.05, 3.63) is 91.0 Å². The van der Waals surface area contributed by atoms with Crippen LogP contribution in [0.25, 0.3) is 0 Å². The van der Waals surface area contributed by atoms with Crippen molar-refractivity contribution >= 4 is 33.8 Å². The fourth-order valence-corrected chi connectivity index (χ4v) is 6.00. The molecular weight excluding hydrogens is 318 g/mol. The van der Waals surface area contributed by atoms with Gasteiger partial charge in [0, 0.05) is 0 Å². The van der Waals surface area contributed by atoms with E-state index < -0.39 is 6.62 Å². The van der Waals surface area contributed by atoms with Gasteiger partial charge in [-0.05, 0) is 36.4 Å². The standard InChI is InChI=1S/C18H15ClP.ClH/c19-20(16-10-4-1-5-11-16,17-12-6-2-7-13-17)18-14-8-3-9-15-18;/h1-15H;1H/q+1;/p-1. The Bertz CT molecular complexity index is 573. The minimum absolute atomic E-state index is 0. The lowest BCUT2D eigenvalue weighted by Crippen LogP contribution is -3.00. The van der Waals surface area contributed by atoms with E-state index in [0.717, 1.165) is 0 Å². The molecule has 106 valence electrons. The Morgan fingerprint density at radius 3 is 0.952 bits per heavy atom. The summed E-state index contributed by atoms with van der Waals surface area (Å²) in [6, 6.07) is 31.2. The van der Waals surface area contributed by atoms with Crippen molar-refractivity contribution in [3.63, 3.8) is 0 Å². The number of benzene rings is 3. The van der Waals surface area contributed by atoms with E-state index in [-0.39, 0.29) is 12.4 Å². The van der Waals surface area contributed by atoms with Gasteiger partial charge in [-0.3, -0.25) is 0 Å². The molecule has 0 saturated carbocycles. The predicted molar refractivity (Wildman–Crippen MR) is 91.0 cm³/mol. The molecule has 0 aromatic heterocycles. The number of rotatable bonds is 3. The lowest BCUT2D eigenvalue weighted by Gasteiger charge is -2.18. The number of halogens is 2. The SMILES string of the molecule is Cl[P+](c1ccccc1)(c1ccccc1)c1ccccc1.[Cl-]. The van der Waals surface area contributed by atoms with Crippen molar-refractivity contribution in [2.75, 3.05) is 0 Å². The van der Waals surface area contributed by atoms with Crippen LogP contribution < -0.4 is 28.3 Å². The molecule has 0 saturated heterocycles. The first-order chi connectivity index (χ1) is 9.82. The van der Waals surface area contributed by atoms with E-state index in [2.05, 4.69) is 72.8 Å². The summed E-state index contributed by atoms with van der Waals surface area (Å²) in [4.78, 5) is 0. The van der Waals surface area contributed by atoms with Gasteiger partial charge in [-0.15, -0.1) is 0 Å². The summed E-state index contributed by atoms with van der Waals surface area (Å²) in [6.07, 6.45) is 0. The molecule has 0 heterocycles. The van der Waals surface area contributed by atoms with Crippen LogP contribution in [0.2, 0.25) is 0 Å². The van der Waals surface area contributed by atoms with Gasteiger partial charge in [0.15, 0.2) is 0 Å². The Kier molecular flexibility index (Phi) is 5.42. The Labute approximate surface area is 137 Å². The molecule has 0 aliphatic rings. The third kappa shape index (κ3) is 3.14. The second-order valence-corrected chi connectivity index (χ2v) is 8.84. The second kappa shape index (κ2) is 7.09. The largest absolute Gasteiger partial charge is 1.00 e. The summed E-state index contributed by atoms with van der Waals surface area (Å²) in [6.45, 7) is -2.05. The van der Waals surface area contributed by atoms with Crippen molar-refractivity contribution in [1.82, 2.24) is 0 Å². The summed E-state index contributed by atoms with van der Waals surface area (Å²) < 4.78 is 0. The molecule has 0 aliphatic heterocycles. The minimum Gasteiger partial charge on any atom is -1.00 e. The van der Waals surface area contributed by atoms with Crippen molar-refractivity contribution in [3.8, 4) is 0 Å².